The second-order valence-corrected chi connectivity index (χ2v) is 14.4. The Morgan fingerprint density at radius 3 is 2.27 bits per heavy atom. The fourth-order valence-electron chi connectivity index (χ4n) is 3.01. The van der Waals surface area contributed by atoms with Crippen molar-refractivity contribution in [3.05, 3.63) is 56.6 Å². The first-order chi connectivity index (χ1) is 17.4. The van der Waals surface area contributed by atoms with Crippen LogP contribution in [0.25, 0.3) is 0 Å². The highest BCUT2D eigenvalue weighted by molar-refractivity contribution is 8.45. The molecule has 0 aliphatic carbocycles. The molecule has 0 bridgehead atoms. The van der Waals surface area contributed by atoms with Gasteiger partial charge in [-0.25, -0.2) is 4.98 Å². The van der Waals surface area contributed by atoms with Gasteiger partial charge in [-0.15, -0.1) is 11.3 Å². The van der Waals surface area contributed by atoms with Crippen LogP contribution in [0.3, 0.4) is 0 Å². The third-order valence-corrected chi connectivity index (χ3v) is 9.34. The van der Waals surface area contributed by atoms with Crippen molar-refractivity contribution >= 4 is 78.4 Å². The average Bonchev–Trinajstić information content (AvgIpc) is 3.43. The van der Waals surface area contributed by atoms with Gasteiger partial charge in [-0.2, -0.15) is 16.8 Å². The van der Waals surface area contributed by atoms with Gasteiger partial charge in [-0.3, -0.25) is 9.59 Å². The molecule has 4 N–H and O–H groups in total. The van der Waals surface area contributed by atoms with E-state index in [0.29, 0.717) is 20.4 Å². The number of hydrogen-bond donors (Lipinski definition) is 3. The van der Waals surface area contributed by atoms with Crippen LogP contribution in [0.2, 0.25) is 0 Å². The molecule has 1 amide bonds. The van der Waals surface area contributed by atoms with Crippen molar-refractivity contribution in [1.82, 2.24) is 15.2 Å². The first kappa shape index (κ1) is 30.3. The molecule has 2 aromatic heterocycles. The van der Waals surface area contributed by atoms with Gasteiger partial charge in [-0.1, -0.05) is 11.3 Å². The van der Waals surface area contributed by atoms with Crippen LogP contribution in [-0.2, 0) is 27.4 Å². The molecule has 0 radical (unpaired) electrons. The van der Waals surface area contributed by atoms with E-state index in [1.54, 1.807) is 24.3 Å². The SMILES string of the molecule is Cc1ccsc1C(=O)c1sc(Nc2ccc(C(=O)N[C@H](C)CN(C)C)cc2)nc1N.O=S=S(=O)=S(=O)=O. The molecule has 0 spiro atoms. The zero-order valence-electron chi connectivity index (χ0n) is 20.2. The van der Waals surface area contributed by atoms with Crippen LogP contribution in [-0.4, -0.2) is 65.1 Å². The van der Waals surface area contributed by atoms with Crippen LogP contribution >= 0.6 is 22.7 Å². The van der Waals surface area contributed by atoms with Gasteiger partial charge in [0.25, 0.3) is 5.91 Å². The highest BCUT2D eigenvalue weighted by atomic mass is 33.1. The number of nitrogens with one attached hydrogen (secondary N) is 2. The Morgan fingerprint density at radius 2 is 1.78 bits per heavy atom. The Bertz CT molecular complexity index is 1550. The molecule has 200 valence electrons. The van der Waals surface area contributed by atoms with Crippen molar-refractivity contribution in [1.29, 1.82) is 0 Å². The summed E-state index contributed by atoms with van der Waals surface area (Å²) < 4.78 is 37.8. The van der Waals surface area contributed by atoms with Crippen molar-refractivity contribution in [2.45, 2.75) is 19.9 Å². The Balaban J connectivity index is 0.000000604. The zero-order valence-corrected chi connectivity index (χ0v) is 24.3. The maximum absolute atomic E-state index is 12.7. The van der Waals surface area contributed by atoms with Gasteiger partial charge in [0.1, 0.15) is 10.7 Å². The molecule has 0 aliphatic heterocycles. The minimum Gasteiger partial charge on any atom is -0.382 e. The van der Waals surface area contributed by atoms with Crippen LogP contribution < -0.4 is 16.4 Å². The maximum atomic E-state index is 12.7. The summed E-state index contributed by atoms with van der Waals surface area (Å²) in [4.78, 5) is 32.5. The Labute approximate surface area is 227 Å². The van der Waals surface area contributed by atoms with Crippen LogP contribution in [0, 0.1) is 6.92 Å². The van der Waals surface area contributed by atoms with E-state index in [0.717, 1.165) is 17.8 Å². The lowest BCUT2D eigenvalue weighted by molar-refractivity contribution is 0.0933. The normalized spacial score (nSPS) is 11.2. The Kier molecular flexibility index (Phi) is 11.6. The zero-order chi connectivity index (χ0) is 27.7. The molecule has 0 aliphatic rings. The highest BCUT2D eigenvalue weighted by Gasteiger charge is 2.20. The summed E-state index contributed by atoms with van der Waals surface area (Å²) >= 11 is 2.62. The molecule has 11 nitrogen and oxygen atoms in total. The van der Waals surface area contributed by atoms with E-state index in [2.05, 4.69) is 15.6 Å². The third kappa shape index (κ3) is 9.17. The van der Waals surface area contributed by atoms with Gasteiger partial charge in [-0.05, 0) is 69.2 Å². The summed E-state index contributed by atoms with van der Waals surface area (Å²) in [6, 6.07) is 9.05. The number of hydrogen-bond acceptors (Lipinski definition) is 12. The maximum Gasteiger partial charge on any atom is 0.311 e. The van der Waals surface area contributed by atoms with Crippen molar-refractivity contribution in [2.75, 3.05) is 31.7 Å². The number of aromatic nitrogens is 1. The molecule has 16 heteroatoms. The number of carbonyl (C=O) groups is 2. The average molecular weight is 604 g/mol. The summed E-state index contributed by atoms with van der Waals surface area (Å²) in [7, 11) is -1.56. The molecule has 1 aromatic carbocycles. The van der Waals surface area contributed by atoms with Gasteiger partial charge in [0.2, 0.25) is 13.7 Å². The van der Waals surface area contributed by atoms with Crippen molar-refractivity contribution in [2.24, 2.45) is 0 Å². The topological polar surface area (TPSA) is 169 Å². The number of anilines is 3. The summed E-state index contributed by atoms with van der Waals surface area (Å²) in [5.41, 5.74) is 8.25. The quantitative estimate of drug-likeness (QED) is 0.325. The van der Waals surface area contributed by atoms with Crippen LogP contribution in [0.5, 0.6) is 0 Å². The summed E-state index contributed by atoms with van der Waals surface area (Å²) in [6.07, 6.45) is 0. The molecule has 3 aromatic rings. The van der Waals surface area contributed by atoms with E-state index in [1.807, 2.05) is 44.3 Å². The lowest BCUT2D eigenvalue weighted by Gasteiger charge is -2.18. The lowest BCUT2D eigenvalue weighted by Crippen LogP contribution is -2.39. The fourth-order valence-corrected chi connectivity index (χ4v) is 5.38. The van der Waals surface area contributed by atoms with Gasteiger partial charge < -0.3 is 21.3 Å². The van der Waals surface area contributed by atoms with Crippen molar-refractivity contribution in [3.63, 3.8) is 0 Å². The molecule has 0 saturated carbocycles. The van der Waals surface area contributed by atoms with E-state index in [-0.39, 0.29) is 23.6 Å². The molecule has 0 unspecified atom stereocenters. The number of ketones is 1. The van der Waals surface area contributed by atoms with E-state index in [9.17, 15) is 26.4 Å². The largest absolute Gasteiger partial charge is 0.382 e. The van der Waals surface area contributed by atoms with Crippen molar-refractivity contribution in [3.8, 4) is 0 Å². The monoisotopic (exact) mass is 603 g/mol. The number of amides is 1. The van der Waals surface area contributed by atoms with E-state index in [4.69, 9.17) is 5.73 Å². The van der Waals surface area contributed by atoms with Crippen LogP contribution in [0.15, 0.2) is 35.7 Å². The second-order valence-electron chi connectivity index (χ2n) is 7.81. The number of likely N-dealkylation sites (N-methyl/N-ethyl adjacent to an activating group) is 1. The number of rotatable bonds is 8. The fraction of sp³-hybridized carbons (Fsp3) is 0.286. The number of nitrogens with zero attached hydrogens (tertiary/aromatic N) is 2. The minimum atomic E-state index is -2.74. The number of carbonyl (C=O) groups excluding carboxylic acids is 2. The highest BCUT2D eigenvalue weighted by Crippen LogP contribution is 2.31. The van der Waals surface area contributed by atoms with Crippen LogP contribution in [0.1, 0.15) is 37.4 Å². The summed E-state index contributed by atoms with van der Waals surface area (Å²) in [5.74, 6) is -0.0100. The van der Waals surface area contributed by atoms with E-state index < -0.39 is 27.4 Å². The second kappa shape index (κ2) is 14.2. The molecule has 2 heterocycles. The third-order valence-electron chi connectivity index (χ3n) is 4.51. The Morgan fingerprint density at radius 1 is 1.14 bits per heavy atom. The predicted molar refractivity (Wildman–Crippen MR) is 149 cm³/mol. The molecule has 37 heavy (non-hydrogen) atoms. The standard InChI is InChI=1S/C21H25N5O2S2.O4S3/c1-12-9-10-29-17(12)16(27)18-19(22)25-21(30-18)24-15-7-5-14(6-8-15)20(28)23-13(2)11-26(3)4;1-5-7(4)6(2)3/h5-10,13H,11,22H2,1-4H3,(H,23,28)(H,24,25);/t13-;/m1./s1. The molecule has 1 atom stereocenters. The summed E-state index contributed by atoms with van der Waals surface area (Å²) in [5, 5.41) is 8.54. The minimum absolute atomic E-state index is 0.0477. The van der Waals surface area contributed by atoms with E-state index in [1.165, 1.54) is 22.7 Å². The first-order valence-electron chi connectivity index (χ1n) is 10.4. The van der Waals surface area contributed by atoms with Crippen LogP contribution in [0.4, 0.5) is 16.6 Å². The lowest BCUT2D eigenvalue weighted by atomic mass is 10.2. The molecule has 0 fully saturated rings. The summed E-state index contributed by atoms with van der Waals surface area (Å²) in [6.45, 7) is 4.64. The smallest absolute Gasteiger partial charge is 0.311 e. The molecular weight excluding hydrogens is 579 g/mol. The number of nitrogens with two attached hydrogens (primary N) is 1. The van der Waals surface area contributed by atoms with Crippen molar-refractivity contribution < 1.29 is 26.4 Å². The number of aryl methyl sites for hydroxylation is 1. The number of thiazole rings is 1. The molecular formula is C21H25N5O6S5. The number of thiophene rings is 1. The van der Waals surface area contributed by atoms with Gasteiger partial charge in [0, 0.05) is 23.8 Å². The van der Waals surface area contributed by atoms with Gasteiger partial charge in [0.15, 0.2) is 15.4 Å². The first-order valence-corrected chi connectivity index (χ1v) is 16.1. The Hall–Kier alpha value is -2.89. The number of benzene rings is 1. The molecule has 0 saturated heterocycles. The van der Waals surface area contributed by atoms with Gasteiger partial charge >= 0.3 is 9.26 Å². The predicted octanol–water partition coefficient (Wildman–Crippen LogP) is 2.41. The molecule has 3 rings (SSSR count). The number of nitrogen functional groups attached to an aromatic ring is 1. The van der Waals surface area contributed by atoms with E-state index >= 15 is 0 Å². The van der Waals surface area contributed by atoms with Gasteiger partial charge in [0.05, 0.1) is 4.88 Å².